The molecule has 2 rings (SSSR count). The average Bonchev–Trinajstić information content (AvgIpc) is 2.76. The van der Waals surface area contributed by atoms with E-state index < -0.39 is 30.0 Å². The molecular formula is C12H11BrF2N2O3. The second-order valence-electron chi connectivity index (χ2n) is 4.40. The van der Waals surface area contributed by atoms with Crippen LogP contribution < -0.4 is 5.32 Å². The number of carboxylic acid groups (broad SMARTS) is 1. The Labute approximate surface area is 121 Å². The number of halogens is 3. The lowest BCUT2D eigenvalue weighted by atomic mass is 10.2. The van der Waals surface area contributed by atoms with Gasteiger partial charge >= 0.3 is 6.09 Å². The third-order valence-corrected chi connectivity index (χ3v) is 3.59. The number of likely N-dealkylation sites (tertiary alicyclic amines) is 1. The Balaban J connectivity index is 2.11. The molecule has 8 heteroatoms. The molecule has 2 atom stereocenters. The summed E-state index contributed by atoms with van der Waals surface area (Å²) in [5, 5.41) is 11.4. The molecule has 108 valence electrons. The van der Waals surface area contributed by atoms with Crippen LogP contribution in [0.1, 0.15) is 6.42 Å². The summed E-state index contributed by atoms with van der Waals surface area (Å²) in [7, 11) is 0. The van der Waals surface area contributed by atoms with Gasteiger partial charge in [0.25, 0.3) is 0 Å². The van der Waals surface area contributed by atoms with Gasteiger partial charge in [0.15, 0.2) is 0 Å². The summed E-state index contributed by atoms with van der Waals surface area (Å²) >= 11 is 2.97. The molecule has 1 aromatic carbocycles. The molecule has 0 aliphatic carbocycles. The molecular weight excluding hydrogens is 338 g/mol. The first kappa shape index (κ1) is 14.7. The molecule has 1 aliphatic rings. The molecule has 1 aromatic rings. The Morgan fingerprint density at radius 1 is 1.45 bits per heavy atom. The van der Waals surface area contributed by atoms with Gasteiger partial charge in [0, 0.05) is 12.1 Å². The minimum atomic E-state index is -1.36. The summed E-state index contributed by atoms with van der Waals surface area (Å²) in [5.41, 5.74) is 0.302. The van der Waals surface area contributed by atoms with Crippen LogP contribution in [0.4, 0.5) is 19.3 Å². The van der Waals surface area contributed by atoms with Gasteiger partial charge in [0.05, 0.1) is 11.0 Å². The second kappa shape index (κ2) is 5.74. The summed E-state index contributed by atoms with van der Waals surface area (Å²) in [6.07, 6.45) is -2.88. The highest BCUT2D eigenvalue weighted by atomic mass is 79.9. The first-order chi connectivity index (χ1) is 9.38. The number of anilines is 1. The minimum Gasteiger partial charge on any atom is -0.465 e. The lowest BCUT2D eigenvalue weighted by molar-refractivity contribution is -0.119. The van der Waals surface area contributed by atoms with E-state index in [0.717, 1.165) is 11.0 Å². The highest BCUT2D eigenvalue weighted by Crippen LogP contribution is 2.24. The fourth-order valence-corrected chi connectivity index (χ4v) is 2.42. The highest BCUT2D eigenvalue weighted by molar-refractivity contribution is 9.10. The van der Waals surface area contributed by atoms with Crippen molar-refractivity contribution in [3.8, 4) is 0 Å². The van der Waals surface area contributed by atoms with Crippen molar-refractivity contribution in [2.24, 2.45) is 0 Å². The van der Waals surface area contributed by atoms with Crippen molar-refractivity contribution in [3.63, 3.8) is 0 Å². The van der Waals surface area contributed by atoms with Gasteiger partial charge < -0.3 is 10.4 Å². The van der Waals surface area contributed by atoms with E-state index in [1.54, 1.807) is 0 Å². The number of carbonyl (C=O) groups excluding carboxylic acids is 1. The summed E-state index contributed by atoms with van der Waals surface area (Å²) < 4.78 is 26.5. The molecule has 1 heterocycles. The molecule has 2 amide bonds. The summed E-state index contributed by atoms with van der Waals surface area (Å²) in [4.78, 5) is 23.7. The monoisotopic (exact) mass is 348 g/mol. The first-order valence-corrected chi connectivity index (χ1v) is 6.57. The van der Waals surface area contributed by atoms with Gasteiger partial charge in [-0.2, -0.15) is 0 Å². The van der Waals surface area contributed by atoms with Crippen LogP contribution >= 0.6 is 15.9 Å². The van der Waals surface area contributed by atoms with Gasteiger partial charge in [-0.05, 0) is 34.1 Å². The lowest BCUT2D eigenvalue weighted by Crippen LogP contribution is -2.42. The molecule has 0 spiro atoms. The van der Waals surface area contributed by atoms with Crippen molar-refractivity contribution in [1.82, 2.24) is 4.90 Å². The quantitative estimate of drug-likeness (QED) is 0.863. The number of benzene rings is 1. The fourth-order valence-electron chi connectivity index (χ4n) is 2.04. The van der Waals surface area contributed by atoms with Crippen molar-refractivity contribution in [1.29, 1.82) is 0 Å². The van der Waals surface area contributed by atoms with Crippen LogP contribution in [-0.2, 0) is 4.79 Å². The predicted octanol–water partition coefficient (Wildman–Crippen LogP) is 2.62. The van der Waals surface area contributed by atoms with E-state index in [9.17, 15) is 18.4 Å². The van der Waals surface area contributed by atoms with Gasteiger partial charge in [0.2, 0.25) is 5.91 Å². The lowest BCUT2D eigenvalue weighted by Gasteiger charge is -2.20. The summed E-state index contributed by atoms with van der Waals surface area (Å²) in [5.74, 6) is -1.12. The van der Waals surface area contributed by atoms with Crippen LogP contribution in [0, 0.1) is 5.82 Å². The van der Waals surface area contributed by atoms with Gasteiger partial charge in [-0.15, -0.1) is 0 Å². The molecule has 1 aliphatic heterocycles. The van der Waals surface area contributed by atoms with Gasteiger partial charge in [-0.25, -0.2) is 13.6 Å². The maximum absolute atomic E-state index is 13.3. The van der Waals surface area contributed by atoms with Crippen molar-refractivity contribution in [3.05, 3.63) is 28.5 Å². The van der Waals surface area contributed by atoms with Crippen molar-refractivity contribution in [2.45, 2.75) is 18.6 Å². The number of alkyl halides is 1. The molecule has 0 bridgehead atoms. The Hall–Kier alpha value is -1.70. The fraction of sp³-hybridized carbons (Fsp3) is 0.333. The first-order valence-electron chi connectivity index (χ1n) is 5.78. The zero-order valence-electron chi connectivity index (χ0n) is 10.1. The average molecular weight is 349 g/mol. The number of carbonyl (C=O) groups is 2. The number of hydrogen-bond donors (Lipinski definition) is 2. The topological polar surface area (TPSA) is 69.6 Å². The predicted molar refractivity (Wildman–Crippen MR) is 70.8 cm³/mol. The molecule has 2 N–H and O–H groups in total. The molecule has 0 aromatic heterocycles. The maximum atomic E-state index is 13.3. The van der Waals surface area contributed by atoms with Crippen molar-refractivity contribution >= 4 is 33.6 Å². The number of nitrogens with zero attached hydrogens (tertiary/aromatic N) is 1. The summed E-state index contributed by atoms with van der Waals surface area (Å²) in [6, 6.07) is 2.76. The number of nitrogens with one attached hydrogen (secondary N) is 1. The van der Waals surface area contributed by atoms with Gasteiger partial charge in [-0.3, -0.25) is 9.69 Å². The highest BCUT2D eigenvalue weighted by Gasteiger charge is 2.39. The molecule has 5 nitrogen and oxygen atoms in total. The van der Waals surface area contributed by atoms with Crippen molar-refractivity contribution in [2.75, 3.05) is 11.9 Å². The van der Waals surface area contributed by atoms with E-state index in [-0.39, 0.29) is 17.4 Å². The largest absolute Gasteiger partial charge is 0.465 e. The standard InChI is InChI=1S/C12H11BrF2N2O3/c13-8-4-7(1-2-9(8)15)16-11(18)10-3-6(14)5-17(10)12(19)20/h1-2,4,6,10H,3,5H2,(H,16,18)(H,19,20)/t6-,10+/m1/s1. The third kappa shape index (κ3) is 3.06. The molecule has 20 heavy (non-hydrogen) atoms. The molecule has 0 radical (unpaired) electrons. The molecule has 1 fully saturated rings. The van der Waals surface area contributed by atoms with Gasteiger partial charge in [0.1, 0.15) is 18.0 Å². The molecule has 0 unspecified atom stereocenters. The third-order valence-electron chi connectivity index (χ3n) is 2.99. The zero-order valence-corrected chi connectivity index (χ0v) is 11.7. The number of amides is 2. The van der Waals surface area contributed by atoms with Crippen LogP contribution in [-0.4, -0.2) is 40.8 Å². The smallest absolute Gasteiger partial charge is 0.408 e. The Kier molecular flexibility index (Phi) is 4.22. The minimum absolute atomic E-state index is 0.167. The Morgan fingerprint density at radius 3 is 2.75 bits per heavy atom. The molecule has 0 saturated carbocycles. The van der Waals surface area contributed by atoms with Crippen molar-refractivity contribution < 1.29 is 23.5 Å². The number of rotatable bonds is 2. The van der Waals surface area contributed by atoms with Gasteiger partial charge in [-0.1, -0.05) is 0 Å². The normalized spacial score (nSPS) is 21.9. The van der Waals surface area contributed by atoms with E-state index in [0.29, 0.717) is 5.69 Å². The van der Waals surface area contributed by atoms with E-state index >= 15 is 0 Å². The van der Waals surface area contributed by atoms with Crippen LogP contribution in [0.15, 0.2) is 22.7 Å². The van der Waals surface area contributed by atoms with E-state index in [4.69, 9.17) is 5.11 Å². The zero-order chi connectivity index (χ0) is 14.9. The number of hydrogen-bond acceptors (Lipinski definition) is 2. The van der Waals surface area contributed by atoms with Crippen LogP contribution in [0.2, 0.25) is 0 Å². The van der Waals surface area contributed by atoms with Crippen LogP contribution in [0.5, 0.6) is 0 Å². The van der Waals surface area contributed by atoms with E-state index in [1.807, 2.05) is 0 Å². The Bertz CT molecular complexity index is 556. The van der Waals surface area contributed by atoms with E-state index in [1.165, 1.54) is 12.1 Å². The second-order valence-corrected chi connectivity index (χ2v) is 5.26. The maximum Gasteiger partial charge on any atom is 0.408 e. The SMILES string of the molecule is O=C(Nc1ccc(F)c(Br)c1)[C@@H]1C[C@@H](F)CN1C(=O)O. The summed E-state index contributed by atoms with van der Waals surface area (Å²) in [6.45, 7) is -0.319. The van der Waals surface area contributed by atoms with Crippen LogP contribution in [0.3, 0.4) is 0 Å². The van der Waals surface area contributed by atoms with E-state index in [2.05, 4.69) is 21.2 Å². The Morgan fingerprint density at radius 2 is 2.15 bits per heavy atom. The molecule has 1 saturated heterocycles. The van der Waals surface area contributed by atoms with Crippen LogP contribution in [0.25, 0.3) is 0 Å².